The van der Waals surface area contributed by atoms with Gasteiger partial charge in [0.05, 0.1) is 41.4 Å². The molecule has 2 saturated heterocycles. The van der Waals surface area contributed by atoms with E-state index in [0.717, 1.165) is 16.3 Å². The number of piperidine rings is 1. The van der Waals surface area contributed by atoms with Crippen molar-refractivity contribution in [1.82, 2.24) is 19.7 Å². The zero-order valence-electron chi connectivity index (χ0n) is 15.5. The van der Waals surface area contributed by atoms with Gasteiger partial charge in [-0.3, -0.25) is 9.78 Å². The van der Waals surface area contributed by atoms with E-state index in [-0.39, 0.29) is 11.8 Å². The SMILES string of the molecule is N#C[C@@H]1CC(F)(F)CN1C(=O)C1CCN(c2cnccc2-n2cc(Cl)cn2)CC1. The third-order valence-corrected chi connectivity index (χ3v) is 5.66. The van der Waals surface area contributed by atoms with Crippen molar-refractivity contribution in [2.75, 3.05) is 24.5 Å². The predicted octanol–water partition coefficient (Wildman–Crippen LogP) is 2.90. The highest BCUT2D eigenvalue weighted by atomic mass is 35.5. The molecule has 2 aliphatic rings. The van der Waals surface area contributed by atoms with Gasteiger partial charge in [0.25, 0.3) is 5.92 Å². The third-order valence-electron chi connectivity index (χ3n) is 5.46. The molecule has 2 aliphatic heterocycles. The van der Waals surface area contributed by atoms with Crippen LogP contribution in [0.3, 0.4) is 0 Å². The second kappa shape index (κ2) is 7.59. The highest BCUT2D eigenvalue weighted by Gasteiger charge is 2.48. The number of hydrogen-bond acceptors (Lipinski definition) is 5. The summed E-state index contributed by atoms with van der Waals surface area (Å²) < 4.78 is 29.0. The molecule has 0 saturated carbocycles. The van der Waals surface area contributed by atoms with Gasteiger partial charge in [-0.25, -0.2) is 13.5 Å². The standard InChI is InChI=1S/C19H19ClF2N6O/c20-14-9-25-28(11-14)16-1-4-24-10-17(16)26-5-2-13(3-6-26)18(29)27-12-19(21,22)7-15(27)8-23/h1,4,9-11,13,15H,2-3,5-7,12H2/t15-/m0/s1. The van der Waals surface area contributed by atoms with E-state index in [1.165, 1.54) is 0 Å². The molecular formula is C19H19ClF2N6O. The number of amides is 1. The Morgan fingerprint density at radius 2 is 2.03 bits per heavy atom. The summed E-state index contributed by atoms with van der Waals surface area (Å²) in [6.45, 7) is 0.480. The van der Waals surface area contributed by atoms with Crippen molar-refractivity contribution in [2.45, 2.75) is 31.2 Å². The van der Waals surface area contributed by atoms with Crippen LogP contribution in [0.5, 0.6) is 0 Å². The fraction of sp³-hybridized carbons (Fsp3) is 0.474. The summed E-state index contributed by atoms with van der Waals surface area (Å²) in [4.78, 5) is 20.1. The first-order valence-corrected chi connectivity index (χ1v) is 9.73. The van der Waals surface area contributed by atoms with E-state index in [1.54, 1.807) is 29.5 Å². The van der Waals surface area contributed by atoms with Crippen LogP contribution in [-0.2, 0) is 4.79 Å². The van der Waals surface area contributed by atoms with Gasteiger partial charge >= 0.3 is 0 Å². The number of pyridine rings is 1. The first-order chi connectivity index (χ1) is 13.9. The Bertz CT molecular complexity index is 950. The molecule has 0 N–H and O–H groups in total. The van der Waals surface area contributed by atoms with Gasteiger partial charge in [-0.2, -0.15) is 10.4 Å². The minimum atomic E-state index is -2.99. The number of rotatable bonds is 3. The Labute approximate surface area is 171 Å². The van der Waals surface area contributed by atoms with E-state index >= 15 is 0 Å². The zero-order valence-corrected chi connectivity index (χ0v) is 16.3. The highest BCUT2D eigenvalue weighted by molar-refractivity contribution is 6.30. The number of carbonyl (C=O) groups is 1. The second-order valence-electron chi connectivity index (χ2n) is 7.40. The number of aromatic nitrogens is 3. The van der Waals surface area contributed by atoms with Crippen LogP contribution in [0.4, 0.5) is 14.5 Å². The predicted molar refractivity (Wildman–Crippen MR) is 102 cm³/mol. The molecule has 29 heavy (non-hydrogen) atoms. The Balaban J connectivity index is 1.46. The number of halogens is 3. The zero-order chi connectivity index (χ0) is 20.6. The second-order valence-corrected chi connectivity index (χ2v) is 7.84. The average molecular weight is 421 g/mol. The fourth-order valence-corrected chi connectivity index (χ4v) is 4.15. The van der Waals surface area contributed by atoms with E-state index in [9.17, 15) is 13.6 Å². The van der Waals surface area contributed by atoms with E-state index in [4.69, 9.17) is 16.9 Å². The summed E-state index contributed by atoms with van der Waals surface area (Å²) in [6, 6.07) is 2.62. The molecule has 2 aromatic heterocycles. The minimum Gasteiger partial charge on any atom is -0.368 e. The molecule has 4 rings (SSSR count). The van der Waals surface area contributed by atoms with Gasteiger partial charge in [0.1, 0.15) is 6.04 Å². The molecule has 0 radical (unpaired) electrons. The number of nitrogens with zero attached hydrogens (tertiary/aromatic N) is 6. The largest absolute Gasteiger partial charge is 0.368 e. The smallest absolute Gasteiger partial charge is 0.268 e. The normalized spacial score (nSPS) is 21.9. The van der Waals surface area contributed by atoms with Crippen molar-refractivity contribution in [3.05, 3.63) is 35.9 Å². The van der Waals surface area contributed by atoms with E-state index in [2.05, 4.69) is 15.0 Å². The molecule has 0 unspecified atom stereocenters. The van der Waals surface area contributed by atoms with Crippen molar-refractivity contribution in [1.29, 1.82) is 5.26 Å². The van der Waals surface area contributed by atoms with Crippen LogP contribution in [0.15, 0.2) is 30.9 Å². The molecule has 10 heteroatoms. The fourth-order valence-electron chi connectivity index (χ4n) is 4.01. The number of anilines is 1. The lowest BCUT2D eigenvalue weighted by Crippen LogP contribution is -2.44. The van der Waals surface area contributed by atoms with Crippen LogP contribution >= 0.6 is 11.6 Å². The Hall–Kier alpha value is -2.73. The summed E-state index contributed by atoms with van der Waals surface area (Å²) in [5.74, 6) is -3.71. The van der Waals surface area contributed by atoms with Crippen molar-refractivity contribution < 1.29 is 13.6 Å². The van der Waals surface area contributed by atoms with Gasteiger partial charge in [-0.1, -0.05) is 11.6 Å². The topological polar surface area (TPSA) is 78.0 Å². The third kappa shape index (κ3) is 3.90. The van der Waals surface area contributed by atoms with Crippen LogP contribution in [0.1, 0.15) is 19.3 Å². The molecular weight excluding hydrogens is 402 g/mol. The van der Waals surface area contributed by atoms with E-state index in [1.807, 2.05) is 12.1 Å². The quantitative estimate of drug-likeness (QED) is 0.763. The summed E-state index contributed by atoms with van der Waals surface area (Å²) in [7, 11) is 0. The van der Waals surface area contributed by atoms with Gasteiger partial charge in [-0.15, -0.1) is 0 Å². The summed E-state index contributed by atoms with van der Waals surface area (Å²) in [5, 5.41) is 13.9. The molecule has 152 valence electrons. The van der Waals surface area contributed by atoms with Crippen molar-refractivity contribution >= 4 is 23.2 Å². The van der Waals surface area contributed by atoms with Crippen molar-refractivity contribution in [3.63, 3.8) is 0 Å². The van der Waals surface area contributed by atoms with Crippen LogP contribution in [0.2, 0.25) is 5.02 Å². The van der Waals surface area contributed by atoms with Crippen molar-refractivity contribution in [3.8, 4) is 11.8 Å². The molecule has 0 bridgehead atoms. The average Bonchev–Trinajstić information content (AvgIpc) is 3.29. The number of likely N-dealkylation sites (tertiary alicyclic amines) is 1. The first-order valence-electron chi connectivity index (χ1n) is 9.35. The maximum Gasteiger partial charge on any atom is 0.268 e. The van der Waals surface area contributed by atoms with Gasteiger partial charge in [0.15, 0.2) is 0 Å². The Kier molecular flexibility index (Phi) is 5.13. The summed E-state index contributed by atoms with van der Waals surface area (Å²) >= 11 is 5.98. The molecule has 7 nitrogen and oxygen atoms in total. The number of nitriles is 1. The molecule has 2 aromatic rings. The van der Waals surface area contributed by atoms with Crippen LogP contribution in [0, 0.1) is 17.2 Å². The van der Waals surface area contributed by atoms with Crippen LogP contribution < -0.4 is 4.90 Å². The van der Waals surface area contributed by atoms with Gasteiger partial charge < -0.3 is 9.80 Å². The lowest BCUT2D eigenvalue weighted by molar-refractivity contribution is -0.137. The molecule has 4 heterocycles. The molecule has 1 amide bonds. The monoisotopic (exact) mass is 420 g/mol. The first kappa shape index (κ1) is 19.6. The van der Waals surface area contributed by atoms with E-state index in [0.29, 0.717) is 31.0 Å². The Morgan fingerprint density at radius 3 is 2.69 bits per heavy atom. The summed E-state index contributed by atoms with van der Waals surface area (Å²) in [5.41, 5.74) is 1.68. The number of hydrogen-bond donors (Lipinski definition) is 0. The Morgan fingerprint density at radius 1 is 1.28 bits per heavy atom. The molecule has 1 atom stereocenters. The highest BCUT2D eigenvalue weighted by Crippen LogP contribution is 2.35. The van der Waals surface area contributed by atoms with Crippen LogP contribution in [-0.4, -0.2) is 57.2 Å². The van der Waals surface area contributed by atoms with Gasteiger partial charge in [0, 0.05) is 37.8 Å². The number of alkyl halides is 2. The van der Waals surface area contributed by atoms with Gasteiger partial charge in [0.2, 0.25) is 5.91 Å². The van der Waals surface area contributed by atoms with Crippen LogP contribution in [0.25, 0.3) is 5.69 Å². The van der Waals surface area contributed by atoms with Crippen molar-refractivity contribution in [2.24, 2.45) is 5.92 Å². The lowest BCUT2D eigenvalue weighted by Gasteiger charge is -2.35. The maximum absolute atomic E-state index is 13.7. The number of carbonyl (C=O) groups excluding carboxylic acids is 1. The minimum absolute atomic E-state index is 0.348. The lowest BCUT2D eigenvalue weighted by atomic mass is 9.94. The van der Waals surface area contributed by atoms with Gasteiger partial charge in [-0.05, 0) is 18.9 Å². The summed E-state index contributed by atoms with van der Waals surface area (Å²) in [6.07, 6.45) is 7.11. The molecule has 2 fully saturated rings. The molecule has 0 aliphatic carbocycles. The maximum atomic E-state index is 13.7. The molecule has 0 aromatic carbocycles. The van der Waals surface area contributed by atoms with E-state index < -0.39 is 24.9 Å². The molecule has 0 spiro atoms.